The van der Waals surface area contributed by atoms with Gasteiger partial charge < -0.3 is 14.6 Å². The molecule has 0 saturated heterocycles. The number of aromatic hydroxyl groups is 2. The van der Waals surface area contributed by atoms with Crippen molar-refractivity contribution in [2.45, 2.75) is 33.1 Å². The molecule has 0 aliphatic carbocycles. The number of unbranched alkanes of at least 4 members (excludes halogenated alkanes) is 1. The highest BCUT2D eigenvalue weighted by Crippen LogP contribution is 2.28. The molecule has 2 N–H and O–H groups in total. The molecule has 1 aromatic heterocycles. The normalized spacial score (nSPS) is 11.5. The highest BCUT2D eigenvalue weighted by molar-refractivity contribution is 6.06. The van der Waals surface area contributed by atoms with E-state index in [0.717, 1.165) is 26.2 Å². The Morgan fingerprint density at radius 2 is 1.76 bits per heavy atom. The van der Waals surface area contributed by atoms with Gasteiger partial charge in [-0.3, -0.25) is 9.79 Å². The third kappa shape index (κ3) is 4.56. The fourth-order valence-electron chi connectivity index (χ4n) is 2.56. The molecule has 0 aliphatic heterocycles. The molecule has 0 spiro atoms. The van der Waals surface area contributed by atoms with Gasteiger partial charge in [-0.05, 0) is 38.7 Å². The molecular formula is C19H21NO5. The van der Waals surface area contributed by atoms with Crippen LogP contribution in [0, 0.1) is 0 Å². The van der Waals surface area contributed by atoms with E-state index in [1.165, 1.54) is 5.56 Å². The predicted octanol–water partition coefficient (Wildman–Crippen LogP) is 3.09. The van der Waals surface area contributed by atoms with E-state index in [9.17, 15) is 19.8 Å². The Morgan fingerprint density at radius 3 is 2.40 bits per heavy atom. The van der Waals surface area contributed by atoms with Gasteiger partial charge in [-0.25, -0.2) is 4.79 Å². The highest BCUT2D eigenvalue weighted by atomic mass is 16.5. The zero-order valence-corrected chi connectivity index (χ0v) is 14.3. The number of ketones is 1. The smallest absolute Gasteiger partial charge is 0.351 e. The van der Waals surface area contributed by atoms with Crippen LogP contribution in [0.15, 0.2) is 44.5 Å². The average molecular weight is 343 g/mol. The van der Waals surface area contributed by atoms with Crippen LogP contribution in [0.5, 0.6) is 11.7 Å². The van der Waals surface area contributed by atoms with Crippen LogP contribution in [0.1, 0.15) is 48.2 Å². The lowest BCUT2D eigenvalue weighted by Gasteiger charge is -2.07. The molecule has 0 radical (unpaired) electrons. The van der Waals surface area contributed by atoms with Gasteiger partial charge in [-0.2, -0.15) is 0 Å². The van der Waals surface area contributed by atoms with Crippen LogP contribution in [-0.2, 0) is 6.42 Å². The van der Waals surface area contributed by atoms with E-state index in [1.54, 1.807) is 6.92 Å². The molecule has 1 aromatic carbocycles. The molecule has 0 bridgehead atoms. The zero-order chi connectivity index (χ0) is 18.4. The molecule has 25 heavy (non-hydrogen) atoms. The molecule has 0 aliphatic rings. The fourth-order valence-corrected chi connectivity index (χ4v) is 2.56. The maximum Gasteiger partial charge on any atom is 0.351 e. The van der Waals surface area contributed by atoms with Crippen LogP contribution in [0.4, 0.5) is 0 Å². The number of rotatable bonds is 7. The molecule has 0 atom stereocenters. The van der Waals surface area contributed by atoms with Crippen molar-refractivity contribution in [2.75, 3.05) is 6.54 Å². The second kappa shape index (κ2) is 8.28. The molecule has 2 aromatic rings. The first-order chi connectivity index (χ1) is 11.9. The van der Waals surface area contributed by atoms with Gasteiger partial charge in [-0.1, -0.05) is 30.3 Å². The highest BCUT2D eigenvalue weighted by Gasteiger charge is 2.23. The Bertz CT molecular complexity index is 837. The van der Waals surface area contributed by atoms with Gasteiger partial charge in [0.15, 0.2) is 5.78 Å². The summed E-state index contributed by atoms with van der Waals surface area (Å²) in [5, 5.41) is 19.6. The Hall–Kier alpha value is -2.89. The number of nitrogens with zero attached hydrogens (tertiary/aromatic N) is 1. The molecule has 6 heteroatoms. The van der Waals surface area contributed by atoms with Crippen molar-refractivity contribution in [3.63, 3.8) is 0 Å². The Morgan fingerprint density at radius 1 is 1.08 bits per heavy atom. The van der Waals surface area contributed by atoms with Crippen LogP contribution < -0.4 is 5.63 Å². The van der Waals surface area contributed by atoms with Crippen molar-refractivity contribution in [3.05, 3.63) is 57.4 Å². The first-order valence-corrected chi connectivity index (χ1v) is 8.07. The minimum absolute atomic E-state index is 0.189. The van der Waals surface area contributed by atoms with Crippen LogP contribution in [0.2, 0.25) is 0 Å². The first-order valence-electron chi connectivity index (χ1n) is 8.07. The maximum atomic E-state index is 11.9. The minimum atomic E-state index is -0.925. The van der Waals surface area contributed by atoms with Crippen molar-refractivity contribution in [3.8, 4) is 11.7 Å². The van der Waals surface area contributed by atoms with Crippen LogP contribution in [0.25, 0.3) is 0 Å². The number of carbonyl (C=O) groups excluding carboxylic acids is 1. The van der Waals surface area contributed by atoms with Gasteiger partial charge in [-0.15, -0.1) is 0 Å². The van der Waals surface area contributed by atoms with E-state index in [0.29, 0.717) is 6.54 Å². The van der Waals surface area contributed by atoms with Crippen molar-refractivity contribution >= 4 is 11.5 Å². The van der Waals surface area contributed by atoms with Crippen molar-refractivity contribution in [1.29, 1.82) is 0 Å². The molecular weight excluding hydrogens is 322 g/mol. The summed E-state index contributed by atoms with van der Waals surface area (Å²) >= 11 is 0. The summed E-state index contributed by atoms with van der Waals surface area (Å²) in [5.74, 6) is -2.07. The van der Waals surface area contributed by atoms with Gasteiger partial charge in [0.1, 0.15) is 16.9 Å². The Balaban J connectivity index is 2.06. The van der Waals surface area contributed by atoms with Crippen LogP contribution in [0.3, 0.4) is 0 Å². The van der Waals surface area contributed by atoms with E-state index in [4.69, 9.17) is 0 Å². The molecule has 0 fully saturated rings. The Kier molecular flexibility index (Phi) is 6.11. The lowest BCUT2D eigenvalue weighted by Crippen LogP contribution is -2.15. The number of benzene rings is 1. The predicted molar refractivity (Wildman–Crippen MR) is 94.8 cm³/mol. The van der Waals surface area contributed by atoms with Crippen molar-refractivity contribution < 1.29 is 19.4 Å². The molecule has 0 amide bonds. The van der Waals surface area contributed by atoms with E-state index < -0.39 is 28.7 Å². The Labute approximate surface area is 145 Å². The van der Waals surface area contributed by atoms with Gasteiger partial charge >= 0.3 is 5.63 Å². The number of aliphatic imine (C=N–C) groups is 1. The quantitative estimate of drug-likeness (QED) is 0.457. The average Bonchev–Trinajstić information content (AvgIpc) is 2.54. The first kappa shape index (κ1) is 18.4. The largest absolute Gasteiger partial charge is 0.506 e. The number of hydrogen-bond acceptors (Lipinski definition) is 6. The summed E-state index contributed by atoms with van der Waals surface area (Å²) in [4.78, 5) is 27.6. The lowest BCUT2D eigenvalue weighted by molar-refractivity contribution is 0.100. The summed E-state index contributed by atoms with van der Waals surface area (Å²) in [6.45, 7) is 3.20. The summed E-state index contributed by atoms with van der Waals surface area (Å²) in [5.41, 5.74) is 0.00408. The van der Waals surface area contributed by atoms with E-state index in [-0.39, 0.29) is 11.3 Å². The topological polar surface area (TPSA) is 100 Å². The monoisotopic (exact) mass is 343 g/mol. The molecule has 132 valence electrons. The SMILES string of the molecule is CC(=O)c1c(O)oc(=O)c(C(C)=NCCCCc2ccccc2)c1O. The molecule has 2 rings (SSSR count). The number of hydrogen-bond donors (Lipinski definition) is 2. The zero-order valence-electron chi connectivity index (χ0n) is 14.3. The van der Waals surface area contributed by atoms with E-state index in [1.807, 2.05) is 18.2 Å². The molecule has 1 heterocycles. The van der Waals surface area contributed by atoms with E-state index >= 15 is 0 Å². The van der Waals surface area contributed by atoms with Gasteiger partial charge in [0.25, 0.3) is 5.95 Å². The third-order valence-corrected chi connectivity index (χ3v) is 3.86. The lowest BCUT2D eigenvalue weighted by atomic mass is 10.1. The second-order valence-corrected chi connectivity index (χ2v) is 5.76. The molecule has 0 unspecified atom stereocenters. The number of Topliss-reactive ketones (excluding diaryl/α,β-unsaturated/α-hetero) is 1. The summed E-state index contributed by atoms with van der Waals surface area (Å²) < 4.78 is 4.63. The van der Waals surface area contributed by atoms with Crippen LogP contribution in [-0.4, -0.2) is 28.3 Å². The van der Waals surface area contributed by atoms with Gasteiger partial charge in [0.05, 0.1) is 5.71 Å². The van der Waals surface area contributed by atoms with E-state index in [2.05, 4.69) is 21.5 Å². The second-order valence-electron chi connectivity index (χ2n) is 5.76. The molecule has 0 saturated carbocycles. The van der Waals surface area contributed by atoms with Crippen LogP contribution >= 0.6 is 0 Å². The van der Waals surface area contributed by atoms with Crippen molar-refractivity contribution in [1.82, 2.24) is 0 Å². The van der Waals surface area contributed by atoms with Gasteiger partial charge in [0.2, 0.25) is 0 Å². The third-order valence-electron chi connectivity index (χ3n) is 3.86. The van der Waals surface area contributed by atoms with Crippen molar-refractivity contribution in [2.24, 2.45) is 4.99 Å². The summed E-state index contributed by atoms with van der Waals surface area (Å²) in [6, 6.07) is 10.1. The summed E-state index contributed by atoms with van der Waals surface area (Å²) in [7, 11) is 0. The number of aryl methyl sites for hydroxylation is 1. The number of carbonyl (C=O) groups is 1. The fraction of sp³-hybridized carbons (Fsp3) is 0.316. The minimum Gasteiger partial charge on any atom is -0.506 e. The maximum absolute atomic E-state index is 11.9. The standard InChI is InChI=1S/C19H21NO5/c1-12(20-11-7-6-10-14-8-4-3-5-9-14)15-17(22)16(13(2)21)19(24)25-18(15)23/h3-5,8-9,22,24H,6-7,10-11H2,1-2H3. The summed E-state index contributed by atoms with van der Waals surface area (Å²) in [6.07, 6.45) is 2.70. The van der Waals surface area contributed by atoms with Gasteiger partial charge in [0, 0.05) is 6.54 Å². The molecule has 6 nitrogen and oxygen atoms in total.